The molecule has 92 valence electrons. The number of rotatable bonds is 4. The minimum absolute atomic E-state index is 0.271. The molecule has 0 saturated carbocycles. The van der Waals surface area contributed by atoms with Crippen LogP contribution in [0.5, 0.6) is 0 Å². The molecule has 0 saturated heterocycles. The molecule has 5 heteroatoms. The summed E-state index contributed by atoms with van der Waals surface area (Å²) in [5.41, 5.74) is 2.34. The third-order valence-electron chi connectivity index (χ3n) is 3.02. The summed E-state index contributed by atoms with van der Waals surface area (Å²) in [5.74, 6) is 0. The van der Waals surface area contributed by atoms with Gasteiger partial charge in [-0.15, -0.1) is 11.3 Å². The standard InChI is InChI=1S/C12H18N4S/c1-8-9(2)17-12(15-8)7-10(13-3)11-5-6-14-16(11)4/h5-6,10,13H,7H2,1-4H3. The average molecular weight is 250 g/mol. The maximum absolute atomic E-state index is 4.59. The topological polar surface area (TPSA) is 42.7 Å². The summed E-state index contributed by atoms with van der Waals surface area (Å²) < 4.78 is 1.91. The fraction of sp³-hybridized carbons (Fsp3) is 0.500. The molecule has 2 aromatic rings. The van der Waals surface area contributed by atoms with E-state index in [0.29, 0.717) is 0 Å². The Balaban J connectivity index is 2.18. The molecule has 17 heavy (non-hydrogen) atoms. The van der Waals surface area contributed by atoms with E-state index < -0.39 is 0 Å². The van der Waals surface area contributed by atoms with E-state index >= 15 is 0 Å². The summed E-state index contributed by atoms with van der Waals surface area (Å²) in [6.07, 6.45) is 2.74. The van der Waals surface area contributed by atoms with Gasteiger partial charge in [-0.25, -0.2) is 4.98 Å². The van der Waals surface area contributed by atoms with Crippen LogP contribution in [0.25, 0.3) is 0 Å². The molecule has 0 radical (unpaired) electrons. The van der Waals surface area contributed by atoms with E-state index in [-0.39, 0.29) is 6.04 Å². The smallest absolute Gasteiger partial charge is 0.0950 e. The molecular weight excluding hydrogens is 232 g/mol. The first-order valence-electron chi connectivity index (χ1n) is 5.70. The van der Waals surface area contributed by atoms with E-state index in [0.717, 1.165) is 12.1 Å². The van der Waals surface area contributed by atoms with Gasteiger partial charge in [0.15, 0.2) is 0 Å². The molecule has 0 aliphatic heterocycles. The lowest BCUT2D eigenvalue weighted by Gasteiger charge is -2.14. The fourth-order valence-electron chi connectivity index (χ4n) is 1.88. The van der Waals surface area contributed by atoms with Crippen molar-refractivity contribution in [3.05, 3.63) is 33.5 Å². The van der Waals surface area contributed by atoms with Crippen LogP contribution >= 0.6 is 11.3 Å². The van der Waals surface area contributed by atoms with Crippen molar-refractivity contribution in [2.24, 2.45) is 7.05 Å². The van der Waals surface area contributed by atoms with Gasteiger partial charge in [0.2, 0.25) is 0 Å². The molecule has 1 unspecified atom stereocenters. The van der Waals surface area contributed by atoms with Gasteiger partial charge in [0, 0.05) is 24.5 Å². The number of hydrogen-bond donors (Lipinski definition) is 1. The van der Waals surface area contributed by atoms with Crippen LogP contribution in [0.1, 0.15) is 27.3 Å². The lowest BCUT2D eigenvalue weighted by molar-refractivity contribution is 0.536. The highest BCUT2D eigenvalue weighted by atomic mass is 32.1. The van der Waals surface area contributed by atoms with E-state index in [2.05, 4.69) is 35.3 Å². The molecule has 0 bridgehead atoms. The van der Waals surface area contributed by atoms with Crippen LogP contribution in [-0.4, -0.2) is 21.8 Å². The lowest BCUT2D eigenvalue weighted by Crippen LogP contribution is -2.21. The van der Waals surface area contributed by atoms with Crippen LogP contribution in [0.4, 0.5) is 0 Å². The highest BCUT2D eigenvalue weighted by molar-refractivity contribution is 7.11. The number of aromatic nitrogens is 3. The van der Waals surface area contributed by atoms with Crippen LogP contribution in [0.15, 0.2) is 12.3 Å². The van der Waals surface area contributed by atoms with Crippen molar-refractivity contribution in [1.29, 1.82) is 0 Å². The Morgan fingerprint density at radius 1 is 1.47 bits per heavy atom. The minimum atomic E-state index is 0.271. The Hall–Kier alpha value is -1.20. The van der Waals surface area contributed by atoms with Crippen LogP contribution < -0.4 is 5.32 Å². The van der Waals surface area contributed by atoms with Crippen molar-refractivity contribution in [2.45, 2.75) is 26.3 Å². The molecule has 1 atom stereocenters. The zero-order valence-corrected chi connectivity index (χ0v) is 11.5. The number of nitrogens with one attached hydrogen (secondary N) is 1. The van der Waals surface area contributed by atoms with Gasteiger partial charge < -0.3 is 5.32 Å². The second kappa shape index (κ2) is 4.98. The third kappa shape index (κ3) is 2.56. The van der Waals surface area contributed by atoms with Crippen LogP contribution in [0, 0.1) is 13.8 Å². The van der Waals surface area contributed by atoms with Gasteiger partial charge in [-0.3, -0.25) is 4.68 Å². The lowest BCUT2D eigenvalue weighted by atomic mass is 10.1. The molecule has 2 aromatic heterocycles. The molecule has 0 amide bonds. The number of thiazole rings is 1. The number of hydrogen-bond acceptors (Lipinski definition) is 4. The largest absolute Gasteiger partial charge is 0.311 e. The SMILES string of the molecule is CNC(Cc1nc(C)c(C)s1)c1ccnn1C. The summed E-state index contributed by atoms with van der Waals surface area (Å²) in [6, 6.07) is 2.32. The molecule has 0 spiro atoms. The van der Waals surface area contributed by atoms with E-state index in [9.17, 15) is 0 Å². The molecule has 0 aliphatic carbocycles. The van der Waals surface area contributed by atoms with Gasteiger partial charge in [-0.05, 0) is 27.0 Å². The molecule has 0 aliphatic rings. The van der Waals surface area contributed by atoms with Gasteiger partial charge in [0.1, 0.15) is 0 Å². The van der Waals surface area contributed by atoms with Gasteiger partial charge in [-0.2, -0.15) is 5.10 Å². The highest BCUT2D eigenvalue weighted by Crippen LogP contribution is 2.22. The number of likely N-dealkylation sites (N-methyl/N-ethyl adjacent to an activating group) is 1. The number of nitrogens with zero attached hydrogens (tertiary/aromatic N) is 3. The van der Waals surface area contributed by atoms with Crippen molar-refractivity contribution in [3.8, 4) is 0 Å². The molecule has 0 fully saturated rings. The zero-order chi connectivity index (χ0) is 12.4. The fourth-order valence-corrected chi connectivity index (χ4v) is 2.86. The summed E-state index contributed by atoms with van der Waals surface area (Å²) in [4.78, 5) is 5.89. The first-order chi connectivity index (χ1) is 8.11. The van der Waals surface area contributed by atoms with Crippen molar-refractivity contribution in [2.75, 3.05) is 7.05 Å². The Morgan fingerprint density at radius 3 is 2.71 bits per heavy atom. The van der Waals surface area contributed by atoms with Gasteiger partial charge in [-0.1, -0.05) is 0 Å². The Kier molecular flexibility index (Phi) is 3.59. The van der Waals surface area contributed by atoms with Crippen molar-refractivity contribution >= 4 is 11.3 Å². The van der Waals surface area contributed by atoms with Crippen molar-refractivity contribution in [3.63, 3.8) is 0 Å². The normalized spacial score (nSPS) is 12.9. The van der Waals surface area contributed by atoms with Crippen molar-refractivity contribution < 1.29 is 0 Å². The van der Waals surface area contributed by atoms with E-state index in [1.54, 1.807) is 11.3 Å². The third-order valence-corrected chi connectivity index (χ3v) is 4.11. The monoisotopic (exact) mass is 250 g/mol. The van der Waals surface area contributed by atoms with Gasteiger partial charge in [0.25, 0.3) is 0 Å². The maximum atomic E-state index is 4.59. The van der Waals surface area contributed by atoms with E-state index in [1.807, 2.05) is 25.0 Å². The van der Waals surface area contributed by atoms with Crippen LogP contribution in [0.2, 0.25) is 0 Å². The summed E-state index contributed by atoms with van der Waals surface area (Å²) >= 11 is 1.78. The predicted octanol–water partition coefficient (Wildman–Crippen LogP) is 2.00. The quantitative estimate of drug-likeness (QED) is 0.902. The Morgan fingerprint density at radius 2 is 2.24 bits per heavy atom. The average Bonchev–Trinajstić information content (AvgIpc) is 2.83. The maximum Gasteiger partial charge on any atom is 0.0950 e. The molecular formula is C12H18N4S. The highest BCUT2D eigenvalue weighted by Gasteiger charge is 2.16. The predicted molar refractivity (Wildman–Crippen MR) is 70.3 cm³/mol. The van der Waals surface area contributed by atoms with Crippen LogP contribution in [-0.2, 0) is 13.5 Å². The second-order valence-electron chi connectivity index (χ2n) is 4.17. The molecule has 2 heterocycles. The summed E-state index contributed by atoms with van der Waals surface area (Å²) in [6.45, 7) is 4.18. The van der Waals surface area contributed by atoms with E-state index in [4.69, 9.17) is 0 Å². The zero-order valence-electron chi connectivity index (χ0n) is 10.7. The first kappa shape index (κ1) is 12.3. The second-order valence-corrected chi connectivity index (χ2v) is 5.46. The molecule has 1 N–H and O–H groups in total. The van der Waals surface area contributed by atoms with Gasteiger partial charge >= 0.3 is 0 Å². The molecule has 0 aromatic carbocycles. The summed E-state index contributed by atoms with van der Waals surface area (Å²) in [5, 5.41) is 8.72. The van der Waals surface area contributed by atoms with Crippen molar-refractivity contribution in [1.82, 2.24) is 20.1 Å². The van der Waals surface area contributed by atoms with E-state index in [1.165, 1.54) is 15.6 Å². The molecule has 2 rings (SSSR count). The van der Waals surface area contributed by atoms with Crippen LogP contribution in [0.3, 0.4) is 0 Å². The minimum Gasteiger partial charge on any atom is -0.311 e. The summed E-state index contributed by atoms with van der Waals surface area (Å²) in [7, 11) is 3.95. The van der Waals surface area contributed by atoms with Gasteiger partial charge in [0.05, 0.1) is 22.4 Å². The first-order valence-corrected chi connectivity index (χ1v) is 6.51. The Labute approximate surface area is 106 Å². The number of aryl methyl sites for hydroxylation is 3. The Bertz CT molecular complexity index is 481. The molecule has 4 nitrogen and oxygen atoms in total.